The van der Waals surface area contributed by atoms with E-state index in [0.29, 0.717) is 11.3 Å². The van der Waals surface area contributed by atoms with Gasteiger partial charge in [0.15, 0.2) is 5.75 Å². The Labute approximate surface area is 108 Å². The van der Waals surface area contributed by atoms with Gasteiger partial charge in [0.25, 0.3) is 0 Å². The second-order valence-electron chi connectivity index (χ2n) is 4.78. The van der Waals surface area contributed by atoms with Crippen LogP contribution in [0.4, 0.5) is 0 Å². The Balaban J connectivity index is 2.24. The van der Waals surface area contributed by atoms with Crippen molar-refractivity contribution < 1.29 is 4.74 Å². The second kappa shape index (κ2) is 5.76. The Bertz CT molecular complexity index is 364. The minimum Gasteiger partial charge on any atom is -0.493 e. The molecule has 2 atom stereocenters. The van der Waals surface area contributed by atoms with E-state index in [9.17, 15) is 0 Å². The predicted molar refractivity (Wildman–Crippen MR) is 69.9 cm³/mol. The van der Waals surface area contributed by atoms with Gasteiger partial charge in [0, 0.05) is 17.8 Å². The SMILES string of the molecule is CCCn1ncc(OC)c1C1CCCC(Cl)C1. The molecule has 0 spiro atoms. The monoisotopic (exact) mass is 256 g/mol. The zero-order valence-electron chi connectivity index (χ0n) is 10.7. The van der Waals surface area contributed by atoms with Gasteiger partial charge in [-0.3, -0.25) is 4.68 Å². The largest absolute Gasteiger partial charge is 0.493 e. The molecular formula is C13H21ClN2O. The molecule has 4 heteroatoms. The topological polar surface area (TPSA) is 27.1 Å². The van der Waals surface area contributed by atoms with Crippen LogP contribution in [0.2, 0.25) is 0 Å². The van der Waals surface area contributed by atoms with E-state index >= 15 is 0 Å². The van der Waals surface area contributed by atoms with Crippen molar-refractivity contribution >= 4 is 11.6 Å². The van der Waals surface area contributed by atoms with E-state index in [2.05, 4.69) is 16.7 Å². The molecule has 0 N–H and O–H groups in total. The van der Waals surface area contributed by atoms with Crippen LogP contribution >= 0.6 is 11.6 Å². The molecule has 2 unspecified atom stereocenters. The van der Waals surface area contributed by atoms with Gasteiger partial charge in [0.1, 0.15) is 0 Å². The summed E-state index contributed by atoms with van der Waals surface area (Å²) in [7, 11) is 1.72. The highest BCUT2D eigenvalue weighted by atomic mass is 35.5. The van der Waals surface area contributed by atoms with Gasteiger partial charge < -0.3 is 4.74 Å². The molecule has 1 heterocycles. The van der Waals surface area contributed by atoms with Crippen molar-refractivity contribution in [2.45, 2.75) is 56.9 Å². The molecule has 1 fully saturated rings. The molecule has 0 saturated heterocycles. The van der Waals surface area contributed by atoms with Gasteiger partial charge in [-0.05, 0) is 25.7 Å². The zero-order valence-corrected chi connectivity index (χ0v) is 11.4. The van der Waals surface area contributed by atoms with Crippen LogP contribution in [0.5, 0.6) is 5.75 Å². The minimum absolute atomic E-state index is 0.309. The van der Waals surface area contributed by atoms with Gasteiger partial charge in [-0.25, -0.2) is 0 Å². The summed E-state index contributed by atoms with van der Waals surface area (Å²) in [6.07, 6.45) is 7.53. The van der Waals surface area contributed by atoms with E-state index < -0.39 is 0 Å². The molecule has 2 rings (SSSR count). The first kappa shape index (κ1) is 12.7. The predicted octanol–water partition coefficient (Wildman–Crippen LogP) is 3.57. The van der Waals surface area contributed by atoms with Gasteiger partial charge in [-0.15, -0.1) is 11.6 Å². The molecule has 0 radical (unpaired) electrons. The van der Waals surface area contributed by atoms with Crippen molar-refractivity contribution in [2.24, 2.45) is 0 Å². The average molecular weight is 257 g/mol. The van der Waals surface area contributed by atoms with Crippen molar-refractivity contribution in [3.05, 3.63) is 11.9 Å². The average Bonchev–Trinajstić information content (AvgIpc) is 2.72. The molecule has 1 aromatic heterocycles. The first-order valence-corrected chi connectivity index (χ1v) is 6.93. The maximum Gasteiger partial charge on any atom is 0.160 e. The van der Waals surface area contributed by atoms with Crippen molar-refractivity contribution in [3.63, 3.8) is 0 Å². The fourth-order valence-electron chi connectivity index (χ4n) is 2.72. The lowest BCUT2D eigenvalue weighted by Gasteiger charge is -2.26. The van der Waals surface area contributed by atoms with Crippen LogP contribution in [-0.2, 0) is 6.54 Å². The van der Waals surface area contributed by atoms with E-state index in [4.69, 9.17) is 16.3 Å². The van der Waals surface area contributed by atoms with Crippen LogP contribution in [0.1, 0.15) is 50.6 Å². The third-order valence-electron chi connectivity index (χ3n) is 3.50. The van der Waals surface area contributed by atoms with Crippen LogP contribution in [0.15, 0.2) is 6.20 Å². The van der Waals surface area contributed by atoms with Crippen molar-refractivity contribution in [1.29, 1.82) is 0 Å². The molecule has 0 amide bonds. The van der Waals surface area contributed by atoms with E-state index in [0.717, 1.165) is 31.6 Å². The standard InChI is InChI=1S/C13H21ClN2O/c1-3-7-16-13(12(17-2)9-15-16)10-5-4-6-11(14)8-10/h9-11H,3-8H2,1-2H3. The lowest BCUT2D eigenvalue weighted by Crippen LogP contribution is -2.18. The molecule has 0 aromatic carbocycles. The molecule has 0 bridgehead atoms. The van der Waals surface area contributed by atoms with E-state index in [-0.39, 0.29) is 0 Å². The van der Waals surface area contributed by atoms with Gasteiger partial charge >= 0.3 is 0 Å². The van der Waals surface area contributed by atoms with Crippen LogP contribution in [0.25, 0.3) is 0 Å². The number of nitrogens with zero attached hydrogens (tertiary/aromatic N) is 2. The van der Waals surface area contributed by atoms with Gasteiger partial charge in [-0.2, -0.15) is 5.10 Å². The summed E-state index contributed by atoms with van der Waals surface area (Å²) >= 11 is 6.28. The summed E-state index contributed by atoms with van der Waals surface area (Å²) in [5, 5.41) is 4.73. The Morgan fingerprint density at radius 3 is 3.00 bits per heavy atom. The summed E-state index contributed by atoms with van der Waals surface area (Å²) in [6, 6.07) is 0. The fourth-order valence-corrected chi connectivity index (χ4v) is 3.08. The van der Waals surface area contributed by atoms with Crippen LogP contribution < -0.4 is 4.74 Å². The first-order chi connectivity index (χ1) is 8.26. The number of hydrogen-bond acceptors (Lipinski definition) is 2. The molecule has 17 heavy (non-hydrogen) atoms. The lowest BCUT2D eigenvalue weighted by molar-refractivity contribution is 0.375. The second-order valence-corrected chi connectivity index (χ2v) is 5.40. The highest BCUT2D eigenvalue weighted by Crippen LogP contribution is 2.39. The fraction of sp³-hybridized carbons (Fsp3) is 0.769. The molecule has 3 nitrogen and oxygen atoms in total. The van der Waals surface area contributed by atoms with E-state index in [1.54, 1.807) is 7.11 Å². The number of halogens is 1. The number of rotatable bonds is 4. The van der Waals surface area contributed by atoms with E-state index in [1.807, 2.05) is 6.20 Å². The highest BCUT2D eigenvalue weighted by molar-refractivity contribution is 6.20. The van der Waals surface area contributed by atoms with Gasteiger partial charge in [0.05, 0.1) is 19.0 Å². The highest BCUT2D eigenvalue weighted by Gasteiger charge is 2.27. The zero-order chi connectivity index (χ0) is 12.3. The van der Waals surface area contributed by atoms with Crippen molar-refractivity contribution in [1.82, 2.24) is 9.78 Å². The normalized spacial score (nSPS) is 24.9. The maximum absolute atomic E-state index is 6.28. The molecule has 0 aliphatic heterocycles. The summed E-state index contributed by atoms with van der Waals surface area (Å²) in [4.78, 5) is 0. The third kappa shape index (κ3) is 2.76. The molecule has 1 aliphatic carbocycles. The lowest BCUT2D eigenvalue weighted by atomic mass is 9.86. The molecule has 1 aromatic rings. The smallest absolute Gasteiger partial charge is 0.160 e. The molecule has 1 saturated carbocycles. The summed E-state index contributed by atoms with van der Waals surface area (Å²) in [5.74, 6) is 1.43. The van der Waals surface area contributed by atoms with Gasteiger partial charge in [-0.1, -0.05) is 13.3 Å². The Morgan fingerprint density at radius 2 is 2.35 bits per heavy atom. The van der Waals surface area contributed by atoms with Crippen LogP contribution in [-0.4, -0.2) is 22.3 Å². The first-order valence-electron chi connectivity index (χ1n) is 6.50. The quantitative estimate of drug-likeness (QED) is 0.770. The number of aromatic nitrogens is 2. The number of ether oxygens (including phenoxy) is 1. The Hall–Kier alpha value is -0.700. The maximum atomic E-state index is 6.28. The third-order valence-corrected chi connectivity index (χ3v) is 3.89. The van der Waals surface area contributed by atoms with Crippen molar-refractivity contribution in [3.8, 4) is 5.75 Å². The van der Waals surface area contributed by atoms with E-state index in [1.165, 1.54) is 18.5 Å². The number of aryl methyl sites for hydroxylation is 1. The number of hydrogen-bond donors (Lipinski definition) is 0. The molecule has 1 aliphatic rings. The summed E-state index contributed by atoms with van der Waals surface area (Å²) in [6.45, 7) is 3.13. The number of alkyl halides is 1. The summed E-state index contributed by atoms with van der Waals surface area (Å²) < 4.78 is 7.53. The van der Waals surface area contributed by atoms with Crippen LogP contribution in [0, 0.1) is 0 Å². The number of methoxy groups -OCH3 is 1. The Kier molecular flexibility index (Phi) is 4.32. The van der Waals surface area contributed by atoms with Crippen molar-refractivity contribution in [2.75, 3.05) is 7.11 Å². The molecule has 96 valence electrons. The van der Waals surface area contributed by atoms with Gasteiger partial charge in [0.2, 0.25) is 0 Å². The Morgan fingerprint density at radius 1 is 1.53 bits per heavy atom. The minimum atomic E-state index is 0.309. The van der Waals surface area contributed by atoms with Crippen LogP contribution in [0.3, 0.4) is 0 Å². The molecular weight excluding hydrogens is 236 g/mol. The summed E-state index contributed by atoms with van der Waals surface area (Å²) in [5.41, 5.74) is 1.25.